The average Bonchev–Trinajstić information content (AvgIpc) is 2.64. The van der Waals surface area contributed by atoms with E-state index in [1.54, 1.807) is 0 Å². The van der Waals surface area contributed by atoms with Gasteiger partial charge in [0.15, 0.2) is 0 Å². The summed E-state index contributed by atoms with van der Waals surface area (Å²) in [6.45, 7) is 5.44. The Balaban J connectivity index is 1.44. The van der Waals surface area contributed by atoms with E-state index < -0.39 is 0 Å². The summed E-state index contributed by atoms with van der Waals surface area (Å²) in [6, 6.07) is 16.5. The largest absolute Gasteiger partial charge is 0.393 e. The van der Waals surface area contributed by atoms with Gasteiger partial charge in [0.1, 0.15) is 0 Å². The third-order valence-corrected chi connectivity index (χ3v) is 5.38. The van der Waals surface area contributed by atoms with Crippen molar-refractivity contribution < 1.29 is 13.5 Å². The van der Waals surface area contributed by atoms with Crippen molar-refractivity contribution >= 4 is 24.1 Å². The van der Waals surface area contributed by atoms with E-state index in [0.717, 1.165) is 35.5 Å². The summed E-state index contributed by atoms with van der Waals surface area (Å²) in [4.78, 5) is 2.22. The van der Waals surface area contributed by atoms with Crippen molar-refractivity contribution in [2.45, 2.75) is 55.4 Å². The Morgan fingerprint density at radius 1 is 0.731 bits per heavy atom. The van der Waals surface area contributed by atoms with Gasteiger partial charge in [-0.3, -0.25) is 0 Å². The fourth-order valence-corrected chi connectivity index (χ4v) is 3.48. The molecule has 0 atom stereocenters. The van der Waals surface area contributed by atoms with E-state index in [9.17, 15) is 5.11 Å². The number of aliphatic hydroxyl groups is 1. The number of aryl methyl sites for hydroxylation is 2. The van der Waals surface area contributed by atoms with E-state index in [4.69, 9.17) is 8.37 Å². The van der Waals surface area contributed by atoms with Gasteiger partial charge >= 0.3 is 0 Å². The van der Waals surface area contributed by atoms with Crippen LogP contribution in [0.3, 0.4) is 0 Å². The van der Waals surface area contributed by atoms with Gasteiger partial charge in [-0.25, -0.2) is 0 Å². The Labute approximate surface area is 165 Å². The second-order valence-corrected chi connectivity index (χ2v) is 8.12. The maximum atomic E-state index is 10.0. The highest BCUT2D eigenvalue weighted by Gasteiger charge is 2.05. The van der Waals surface area contributed by atoms with Crippen LogP contribution in [0.5, 0.6) is 0 Å². The highest BCUT2D eigenvalue weighted by molar-refractivity contribution is 7.94. The third kappa shape index (κ3) is 9.10. The minimum absolute atomic E-state index is 0.282. The lowest BCUT2D eigenvalue weighted by Crippen LogP contribution is -2.08. The molecular formula is C21H28O3S2. The molecule has 2 aromatic rings. The van der Waals surface area contributed by atoms with Gasteiger partial charge in [0.05, 0.1) is 19.3 Å². The molecular weight excluding hydrogens is 364 g/mol. The predicted octanol–water partition coefficient (Wildman–Crippen LogP) is 5.97. The first-order valence-corrected chi connectivity index (χ1v) is 10.5. The van der Waals surface area contributed by atoms with Crippen LogP contribution in [0, 0.1) is 13.8 Å². The van der Waals surface area contributed by atoms with Crippen LogP contribution >= 0.6 is 24.1 Å². The van der Waals surface area contributed by atoms with Crippen LogP contribution in [0.25, 0.3) is 0 Å². The fraction of sp³-hybridized carbons (Fsp3) is 0.429. The Morgan fingerprint density at radius 3 is 1.50 bits per heavy atom. The van der Waals surface area contributed by atoms with Crippen LogP contribution in [0.2, 0.25) is 0 Å². The molecule has 0 heterocycles. The van der Waals surface area contributed by atoms with Gasteiger partial charge in [-0.05, 0) is 63.8 Å². The molecule has 0 saturated heterocycles. The van der Waals surface area contributed by atoms with Gasteiger partial charge < -0.3 is 13.5 Å². The maximum absolute atomic E-state index is 10.0. The third-order valence-electron chi connectivity index (χ3n) is 3.88. The molecule has 0 unspecified atom stereocenters. The quantitative estimate of drug-likeness (QED) is 0.356. The lowest BCUT2D eigenvalue weighted by Gasteiger charge is -2.10. The first-order chi connectivity index (χ1) is 12.6. The zero-order chi connectivity index (χ0) is 18.6. The van der Waals surface area contributed by atoms with Gasteiger partial charge in [0.2, 0.25) is 0 Å². The van der Waals surface area contributed by atoms with Gasteiger partial charge in [0.25, 0.3) is 0 Å². The number of hydrogen-bond donors (Lipinski definition) is 1. The van der Waals surface area contributed by atoms with Crippen molar-refractivity contribution in [1.29, 1.82) is 0 Å². The topological polar surface area (TPSA) is 38.7 Å². The molecule has 2 rings (SSSR count). The number of aliphatic hydroxyl groups excluding tert-OH is 1. The molecule has 0 aliphatic heterocycles. The Kier molecular flexibility index (Phi) is 10.2. The maximum Gasteiger partial charge on any atom is 0.0619 e. The van der Waals surface area contributed by atoms with Crippen molar-refractivity contribution in [3.8, 4) is 0 Å². The Bertz CT molecular complexity index is 559. The molecule has 0 radical (unpaired) electrons. The summed E-state index contributed by atoms with van der Waals surface area (Å²) in [5.74, 6) is 0. The molecule has 0 aliphatic rings. The van der Waals surface area contributed by atoms with Crippen LogP contribution in [-0.4, -0.2) is 24.4 Å². The van der Waals surface area contributed by atoms with Crippen LogP contribution in [0.4, 0.5) is 0 Å². The molecule has 1 N–H and O–H groups in total. The number of rotatable bonds is 12. The summed E-state index contributed by atoms with van der Waals surface area (Å²) >= 11 is 2.80. The zero-order valence-corrected chi connectivity index (χ0v) is 17.2. The van der Waals surface area contributed by atoms with E-state index in [1.165, 1.54) is 35.2 Å². The molecule has 26 heavy (non-hydrogen) atoms. The Morgan fingerprint density at radius 2 is 1.12 bits per heavy atom. The SMILES string of the molecule is Cc1ccc(SOCCCC(O)CCCOSc2ccc(C)cc2)cc1. The molecule has 2 aromatic carbocycles. The summed E-state index contributed by atoms with van der Waals surface area (Å²) in [5, 5.41) is 10.0. The van der Waals surface area contributed by atoms with E-state index in [0.29, 0.717) is 13.2 Å². The average molecular weight is 393 g/mol. The second kappa shape index (κ2) is 12.4. The van der Waals surface area contributed by atoms with Gasteiger partial charge in [-0.1, -0.05) is 35.4 Å². The van der Waals surface area contributed by atoms with Crippen LogP contribution in [-0.2, 0) is 8.37 Å². The summed E-state index contributed by atoms with van der Waals surface area (Å²) in [6.07, 6.45) is 2.97. The molecule has 3 nitrogen and oxygen atoms in total. The molecule has 0 aliphatic carbocycles. The van der Waals surface area contributed by atoms with E-state index in [-0.39, 0.29) is 6.10 Å². The van der Waals surface area contributed by atoms with Gasteiger partial charge in [-0.2, -0.15) is 0 Å². The standard InChI is InChI=1S/C21H28O3S2/c1-17-7-11-20(12-8-17)25-23-15-3-5-19(22)6-4-16-24-26-21-13-9-18(2)10-14-21/h7-14,19,22H,3-6,15-16H2,1-2H3. The monoisotopic (exact) mass is 392 g/mol. The molecule has 0 amide bonds. The fourth-order valence-electron chi connectivity index (χ4n) is 2.31. The molecule has 0 bridgehead atoms. The number of benzene rings is 2. The van der Waals surface area contributed by atoms with Crippen LogP contribution in [0.1, 0.15) is 36.8 Å². The molecule has 0 aromatic heterocycles. The minimum Gasteiger partial charge on any atom is -0.393 e. The smallest absolute Gasteiger partial charge is 0.0619 e. The van der Waals surface area contributed by atoms with Crippen LogP contribution in [0.15, 0.2) is 58.3 Å². The first-order valence-electron chi connectivity index (χ1n) is 9.04. The molecule has 0 spiro atoms. The highest BCUT2D eigenvalue weighted by Crippen LogP contribution is 2.21. The lowest BCUT2D eigenvalue weighted by atomic mass is 10.1. The lowest BCUT2D eigenvalue weighted by molar-refractivity contribution is 0.137. The van der Waals surface area contributed by atoms with E-state index >= 15 is 0 Å². The molecule has 0 saturated carbocycles. The zero-order valence-electron chi connectivity index (χ0n) is 15.5. The highest BCUT2D eigenvalue weighted by atomic mass is 32.2. The predicted molar refractivity (Wildman–Crippen MR) is 110 cm³/mol. The van der Waals surface area contributed by atoms with Crippen molar-refractivity contribution in [2.24, 2.45) is 0 Å². The summed E-state index contributed by atoms with van der Waals surface area (Å²) in [7, 11) is 0. The van der Waals surface area contributed by atoms with Crippen molar-refractivity contribution in [1.82, 2.24) is 0 Å². The van der Waals surface area contributed by atoms with Crippen molar-refractivity contribution in [3.63, 3.8) is 0 Å². The molecule has 5 heteroatoms. The summed E-state index contributed by atoms with van der Waals surface area (Å²) in [5.41, 5.74) is 2.50. The van der Waals surface area contributed by atoms with E-state index in [1.807, 2.05) is 0 Å². The first kappa shape index (κ1) is 21.3. The van der Waals surface area contributed by atoms with Gasteiger partial charge in [-0.15, -0.1) is 0 Å². The van der Waals surface area contributed by atoms with Crippen LogP contribution < -0.4 is 0 Å². The van der Waals surface area contributed by atoms with E-state index in [2.05, 4.69) is 62.4 Å². The second-order valence-electron chi connectivity index (χ2n) is 6.38. The number of hydrogen-bond acceptors (Lipinski definition) is 5. The molecule has 142 valence electrons. The minimum atomic E-state index is -0.282. The summed E-state index contributed by atoms with van der Waals surface area (Å²) < 4.78 is 11.2. The van der Waals surface area contributed by atoms with Gasteiger partial charge in [0, 0.05) is 33.9 Å². The Hall–Kier alpha value is -0.980. The van der Waals surface area contributed by atoms with Crippen molar-refractivity contribution in [2.75, 3.05) is 13.2 Å². The normalized spacial score (nSPS) is 11.2. The van der Waals surface area contributed by atoms with Crippen molar-refractivity contribution in [3.05, 3.63) is 59.7 Å². The molecule has 0 fully saturated rings.